The van der Waals surface area contributed by atoms with Gasteiger partial charge < -0.3 is 15.0 Å². The molecule has 1 aliphatic rings. The van der Waals surface area contributed by atoms with Gasteiger partial charge in [-0.05, 0) is 44.2 Å². The van der Waals surface area contributed by atoms with Crippen molar-refractivity contribution in [2.75, 3.05) is 17.7 Å². The molecular formula is C20H25N3O3S2. The molecule has 6 nitrogen and oxygen atoms in total. The Morgan fingerprint density at radius 2 is 2.14 bits per heavy atom. The first-order chi connectivity index (χ1) is 13.5. The molecule has 0 amide bonds. The Morgan fingerprint density at radius 3 is 2.79 bits per heavy atom. The third kappa shape index (κ3) is 4.03. The van der Waals surface area contributed by atoms with Crippen molar-refractivity contribution in [3.8, 4) is 0 Å². The monoisotopic (exact) mass is 419 g/mol. The molecule has 150 valence electrons. The number of carbonyl (C=O) groups is 1. The Labute approximate surface area is 172 Å². The second-order valence-corrected chi connectivity index (χ2v) is 8.65. The molecule has 0 saturated carbocycles. The van der Waals surface area contributed by atoms with Crippen molar-refractivity contribution in [2.45, 2.75) is 51.6 Å². The van der Waals surface area contributed by atoms with Gasteiger partial charge in [-0.2, -0.15) is 0 Å². The average Bonchev–Trinajstić information content (AvgIpc) is 3.06. The van der Waals surface area contributed by atoms with Gasteiger partial charge in [-0.1, -0.05) is 25.1 Å². The Balaban J connectivity index is 2.12. The van der Waals surface area contributed by atoms with Crippen LogP contribution in [0.3, 0.4) is 0 Å². The van der Waals surface area contributed by atoms with Gasteiger partial charge in [0, 0.05) is 16.3 Å². The topological polar surface area (TPSA) is 84.1 Å². The summed E-state index contributed by atoms with van der Waals surface area (Å²) in [5.74, 6) is 0.526. The molecule has 8 heteroatoms. The number of rotatable bonds is 7. The van der Waals surface area contributed by atoms with Crippen LogP contribution in [0.2, 0.25) is 0 Å². The van der Waals surface area contributed by atoms with Crippen LogP contribution in [0.15, 0.2) is 32.7 Å². The van der Waals surface area contributed by atoms with Gasteiger partial charge in [-0.3, -0.25) is 4.79 Å². The van der Waals surface area contributed by atoms with Gasteiger partial charge in [0.1, 0.15) is 5.82 Å². The summed E-state index contributed by atoms with van der Waals surface area (Å²) < 4.78 is 5.30. The van der Waals surface area contributed by atoms with Crippen LogP contribution >= 0.6 is 23.1 Å². The Hall–Kier alpha value is -2.06. The number of ether oxygens (including phenoxy) is 1. The number of thiophene rings is 1. The normalized spacial score (nSPS) is 15.9. The first kappa shape index (κ1) is 20.7. The smallest absolute Gasteiger partial charge is 0.336 e. The van der Waals surface area contributed by atoms with E-state index in [1.54, 1.807) is 6.92 Å². The highest BCUT2D eigenvalue weighted by Crippen LogP contribution is 2.43. The van der Waals surface area contributed by atoms with Crippen molar-refractivity contribution in [2.24, 2.45) is 0 Å². The number of esters is 1. The van der Waals surface area contributed by atoms with E-state index in [0.29, 0.717) is 27.8 Å². The van der Waals surface area contributed by atoms with E-state index in [9.17, 15) is 9.59 Å². The van der Waals surface area contributed by atoms with E-state index in [0.717, 1.165) is 29.0 Å². The first-order valence-corrected chi connectivity index (χ1v) is 11.3. The average molecular weight is 420 g/mol. The van der Waals surface area contributed by atoms with Gasteiger partial charge in [0.15, 0.2) is 5.16 Å². The second-order valence-electron chi connectivity index (χ2n) is 6.62. The maximum absolute atomic E-state index is 13.0. The zero-order chi connectivity index (χ0) is 20.3. The van der Waals surface area contributed by atoms with E-state index in [1.165, 1.54) is 23.1 Å². The number of carbonyl (C=O) groups excluding carboxylic acids is 1. The molecule has 1 atom stereocenters. The number of hydrogen-bond acceptors (Lipinski definition) is 7. The molecule has 1 aliphatic heterocycles. The van der Waals surface area contributed by atoms with Gasteiger partial charge in [-0.15, -0.1) is 11.3 Å². The molecule has 3 heterocycles. The maximum atomic E-state index is 13.0. The quantitative estimate of drug-likeness (QED) is 0.299. The summed E-state index contributed by atoms with van der Waals surface area (Å²) in [5, 5.41) is 5.74. The number of aromatic amines is 1. The number of thioether (sulfide) groups is 1. The zero-order valence-corrected chi connectivity index (χ0v) is 18.2. The van der Waals surface area contributed by atoms with E-state index in [-0.39, 0.29) is 12.2 Å². The summed E-state index contributed by atoms with van der Waals surface area (Å²) in [4.78, 5) is 34.3. The number of anilines is 1. The highest BCUT2D eigenvalue weighted by molar-refractivity contribution is 7.99. The molecule has 0 radical (unpaired) electrons. The zero-order valence-electron chi connectivity index (χ0n) is 16.5. The molecule has 28 heavy (non-hydrogen) atoms. The molecule has 0 aromatic carbocycles. The predicted octanol–water partition coefficient (Wildman–Crippen LogP) is 4.43. The van der Waals surface area contributed by atoms with Crippen LogP contribution in [-0.4, -0.2) is 28.3 Å². The fraction of sp³-hybridized carbons (Fsp3) is 0.450. The fourth-order valence-electron chi connectivity index (χ4n) is 3.23. The summed E-state index contributed by atoms with van der Waals surface area (Å²) >= 11 is 3.07. The molecular weight excluding hydrogens is 394 g/mol. The van der Waals surface area contributed by atoms with Gasteiger partial charge in [0.25, 0.3) is 5.56 Å². The number of aryl methyl sites for hydroxylation is 1. The number of nitrogens with one attached hydrogen (secondary N) is 2. The van der Waals surface area contributed by atoms with Crippen LogP contribution in [0.25, 0.3) is 0 Å². The van der Waals surface area contributed by atoms with Crippen molar-refractivity contribution in [1.82, 2.24) is 9.97 Å². The lowest BCUT2D eigenvalue weighted by Crippen LogP contribution is -2.31. The van der Waals surface area contributed by atoms with Gasteiger partial charge in [-0.25, -0.2) is 9.78 Å². The lowest BCUT2D eigenvalue weighted by atomic mass is 9.85. The second kappa shape index (κ2) is 8.96. The van der Waals surface area contributed by atoms with E-state index in [4.69, 9.17) is 4.74 Å². The first-order valence-electron chi connectivity index (χ1n) is 9.43. The number of nitrogens with zero attached hydrogens (tertiary/aromatic N) is 1. The third-order valence-corrected chi connectivity index (χ3v) is 6.66. The summed E-state index contributed by atoms with van der Waals surface area (Å²) in [6, 6.07) is 2.00. The van der Waals surface area contributed by atoms with E-state index >= 15 is 0 Å². The van der Waals surface area contributed by atoms with Crippen LogP contribution in [0, 0.1) is 6.92 Å². The molecule has 2 aromatic rings. The number of unbranched alkanes of at least 4 members (excludes halogenated alkanes) is 1. The molecule has 2 N–H and O–H groups in total. The minimum Gasteiger partial charge on any atom is -0.463 e. The third-order valence-electron chi connectivity index (χ3n) is 4.62. The highest BCUT2D eigenvalue weighted by Gasteiger charge is 2.37. The largest absolute Gasteiger partial charge is 0.463 e. The molecule has 3 rings (SSSR count). The van der Waals surface area contributed by atoms with Crippen LogP contribution < -0.4 is 10.9 Å². The molecule has 0 spiro atoms. The van der Waals surface area contributed by atoms with Crippen LogP contribution in [0.1, 0.15) is 55.5 Å². The van der Waals surface area contributed by atoms with Crippen LogP contribution in [-0.2, 0) is 9.53 Å². The Bertz CT molecular complexity index is 962. The Kier molecular flexibility index (Phi) is 6.61. The highest BCUT2D eigenvalue weighted by atomic mass is 32.2. The maximum Gasteiger partial charge on any atom is 0.336 e. The predicted molar refractivity (Wildman–Crippen MR) is 114 cm³/mol. The molecule has 0 fully saturated rings. The van der Waals surface area contributed by atoms with Crippen molar-refractivity contribution in [1.29, 1.82) is 0 Å². The molecule has 0 saturated heterocycles. The van der Waals surface area contributed by atoms with Crippen LogP contribution in [0.4, 0.5) is 5.82 Å². The molecule has 0 aliphatic carbocycles. The number of allylic oxidation sites excluding steroid dienone is 1. The van der Waals surface area contributed by atoms with Gasteiger partial charge >= 0.3 is 5.97 Å². The Morgan fingerprint density at radius 1 is 1.36 bits per heavy atom. The van der Waals surface area contributed by atoms with Crippen molar-refractivity contribution < 1.29 is 9.53 Å². The van der Waals surface area contributed by atoms with Crippen molar-refractivity contribution in [3.05, 3.63) is 49.1 Å². The number of fused-ring (bicyclic) bond motifs is 1. The number of hydrogen-bond donors (Lipinski definition) is 2. The van der Waals surface area contributed by atoms with Crippen LogP contribution in [0.5, 0.6) is 0 Å². The minimum absolute atomic E-state index is 0.219. The fourth-order valence-corrected chi connectivity index (χ4v) is 5.23. The standard InChI is InChI=1S/C20H25N3O3S2/c1-5-7-9-28-20-22-17-15(18(24)23-20)14(16-11(3)8-10-27-16)13(12(4)21-17)19(25)26-6-2/h8,10,14H,5-7,9H2,1-4H3,(H2,21,22,23,24)/t14-/m0/s1. The molecule has 0 unspecified atom stereocenters. The minimum atomic E-state index is -0.485. The van der Waals surface area contributed by atoms with E-state index in [1.807, 2.05) is 25.3 Å². The lowest BCUT2D eigenvalue weighted by molar-refractivity contribution is -0.138. The van der Waals surface area contributed by atoms with E-state index < -0.39 is 11.9 Å². The van der Waals surface area contributed by atoms with E-state index in [2.05, 4.69) is 22.2 Å². The molecule has 0 bridgehead atoms. The SMILES string of the molecule is CCCCSc1nc2c(c(=O)[nH]1)[C@@H](c1sccc1C)C(C(=O)OCC)=C(C)N2. The van der Waals surface area contributed by atoms with Crippen molar-refractivity contribution in [3.63, 3.8) is 0 Å². The number of aromatic nitrogens is 2. The van der Waals surface area contributed by atoms with Crippen molar-refractivity contribution >= 4 is 34.9 Å². The summed E-state index contributed by atoms with van der Waals surface area (Å²) in [6.07, 6.45) is 2.15. The van der Waals surface area contributed by atoms with Gasteiger partial charge in [0.05, 0.1) is 23.7 Å². The summed E-state index contributed by atoms with van der Waals surface area (Å²) in [6.45, 7) is 8.00. The summed E-state index contributed by atoms with van der Waals surface area (Å²) in [5.41, 5.74) is 2.44. The number of H-pyrrole nitrogens is 1. The molecule has 2 aromatic heterocycles. The van der Waals surface area contributed by atoms with Gasteiger partial charge in [0.2, 0.25) is 0 Å². The summed E-state index contributed by atoms with van der Waals surface area (Å²) in [7, 11) is 0. The lowest BCUT2D eigenvalue weighted by Gasteiger charge is -2.28.